The summed E-state index contributed by atoms with van der Waals surface area (Å²) in [4.78, 5) is 8.06. The van der Waals surface area contributed by atoms with Gasteiger partial charge in [-0.15, -0.1) is 0 Å². The van der Waals surface area contributed by atoms with E-state index in [1.54, 1.807) is 0 Å². The van der Waals surface area contributed by atoms with Gasteiger partial charge in [-0.1, -0.05) is 0 Å². The van der Waals surface area contributed by atoms with Crippen molar-refractivity contribution in [2.45, 2.75) is 0 Å². The summed E-state index contributed by atoms with van der Waals surface area (Å²) < 4.78 is 3.03. The molecule has 0 amide bonds. The zero-order valence-corrected chi connectivity index (χ0v) is 8.61. The number of fused-ring (bicyclic) bond motifs is 1. The van der Waals surface area contributed by atoms with E-state index < -0.39 is 0 Å². The number of nitrogens with two attached hydrogens (primary N) is 1. The van der Waals surface area contributed by atoms with E-state index in [0.717, 1.165) is 14.6 Å². The fourth-order valence-corrected chi connectivity index (χ4v) is 2.12. The minimum atomic E-state index is 0.546. The van der Waals surface area contributed by atoms with Gasteiger partial charge in [0.15, 0.2) is 0 Å². The molecule has 0 spiro atoms. The van der Waals surface area contributed by atoms with E-state index in [1.807, 2.05) is 18.7 Å². The van der Waals surface area contributed by atoms with Crippen LogP contribution in [-0.2, 0) is 0 Å². The van der Waals surface area contributed by atoms with Gasteiger partial charge in [0.05, 0.1) is 5.39 Å². The maximum Gasteiger partial charge on any atom is 0.225 e. The van der Waals surface area contributed by atoms with E-state index in [4.69, 9.17) is 5.73 Å². The van der Waals surface area contributed by atoms with Crippen molar-refractivity contribution < 1.29 is 0 Å². The first kappa shape index (κ1) is 7.84. The van der Waals surface area contributed by atoms with Crippen molar-refractivity contribution >= 4 is 47.4 Å². The first-order valence-corrected chi connectivity index (χ1v) is 4.49. The summed E-state index contributed by atoms with van der Waals surface area (Å²) in [6, 6.07) is 0. The van der Waals surface area contributed by atoms with Crippen molar-refractivity contribution in [2.75, 3.05) is 5.73 Å². The molecule has 12 heavy (non-hydrogen) atoms. The summed E-state index contributed by atoms with van der Waals surface area (Å²) in [6.07, 6.45) is 3.46. The van der Waals surface area contributed by atoms with E-state index in [9.17, 15) is 0 Å². The van der Waals surface area contributed by atoms with Crippen molar-refractivity contribution in [1.82, 2.24) is 14.4 Å². The molecule has 60 valence electrons. The maximum absolute atomic E-state index is 5.70. The Morgan fingerprint density at radius 2 is 2.25 bits per heavy atom. The molecule has 6 heteroatoms. The van der Waals surface area contributed by atoms with Crippen LogP contribution < -0.4 is 5.73 Å². The predicted octanol–water partition coefficient (Wildman–Crippen LogP) is 0.0143. The third-order valence-electron chi connectivity index (χ3n) is 1.74. The quantitative estimate of drug-likeness (QED) is 0.543. The summed E-state index contributed by atoms with van der Waals surface area (Å²) in [5.74, 6) is 0.546. The molecule has 0 saturated heterocycles. The Labute approximate surface area is 83.7 Å². The largest absolute Gasteiger partial charge is 0.383 e. The number of hydrogen-bond donors (Lipinski definition) is 1. The standard InChI is InChI=1S/C6H6BIN4/c7-12-1-3(8)4-5(9)10-2-11-6(4)12/h1-2H,7H2,(H2,9,10,11). The second-order valence-corrected chi connectivity index (χ2v) is 3.71. The highest BCUT2D eigenvalue weighted by molar-refractivity contribution is 14.1. The van der Waals surface area contributed by atoms with Gasteiger partial charge in [0, 0.05) is 9.77 Å². The number of anilines is 1. The molecule has 0 aliphatic carbocycles. The Bertz CT molecular complexity index is 438. The van der Waals surface area contributed by atoms with Gasteiger partial charge in [0.25, 0.3) is 0 Å². The van der Waals surface area contributed by atoms with Crippen LogP contribution in [0.4, 0.5) is 5.82 Å². The summed E-state index contributed by atoms with van der Waals surface area (Å²) in [7, 11) is 1.94. The molecule has 2 N–H and O–H groups in total. The van der Waals surface area contributed by atoms with Gasteiger partial charge in [-0.2, -0.15) is 0 Å². The first-order valence-electron chi connectivity index (χ1n) is 3.41. The molecule has 0 unspecified atom stereocenters. The van der Waals surface area contributed by atoms with E-state index >= 15 is 0 Å². The zero-order valence-electron chi connectivity index (χ0n) is 6.45. The van der Waals surface area contributed by atoms with Crippen molar-refractivity contribution in [3.05, 3.63) is 16.1 Å². The maximum atomic E-state index is 5.70. The molecule has 2 rings (SSSR count). The topological polar surface area (TPSA) is 56.7 Å². The zero-order chi connectivity index (χ0) is 8.72. The van der Waals surface area contributed by atoms with Gasteiger partial charge >= 0.3 is 0 Å². The van der Waals surface area contributed by atoms with Crippen LogP contribution in [-0.4, -0.2) is 22.4 Å². The molecule has 2 aromatic rings. The third kappa shape index (κ3) is 0.978. The number of nitrogens with zero attached hydrogens (tertiary/aromatic N) is 3. The van der Waals surface area contributed by atoms with Gasteiger partial charge < -0.3 is 10.2 Å². The highest BCUT2D eigenvalue weighted by atomic mass is 127. The SMILES string of the molecule is Bn1cc(I)c2c(N)ncnc21. The van der Waals surface area contributed by atoms with Gasteiger partial charge in [-0.25, -0.2) is 9.97 Å². The van der Waals surface area contributed by atoms with Gasteiger partial charge in [-0.05, 0) is 22.6 Å². The number of nitrogen functional groups attached to an aromatic ring is 1. The summed E-state index contributed by atoms with van der Waals surface area (Å²) in [5.41, 5.74) is 6.58. The molecule has 2 heterocycles. The van der Waals surface area contributed by atoms with Crippen LogP contribution in [0.1, 0.15) is 0 Å². The molecule has 0 aliphatic heterocycles. The van der Waals surface area contributed by atoms with Gasteiger partial charge in [0.1, 0.15) is 17.8 Å². The molecule has 0 atom stereocenters. The molecular weight excluding hydrogens is 266 g/mol. The highest BCUT2D eigenvalue weighted by Crippen LogP contribution is 2.23. The summed E-state index contributed by atoms with van der Waals surface area (Å²) in [6.45, 7) is 0. The minimum absolute atomic E-state index is 0.546. The molecule has 0 aliphatic rings. The molecule has 0 aromatic carbocycles. The highest BCUT2D eigenvalue weighted by Gasteiger charge is 2.07. The lowest BCUT2D eigenvalue weighted by Crippen LogP contribution is -1.95. The summed E-state index contributed by atoms with van der Waals surface area (Å²) >= 11 is 2.22. The molecule has 4 nitrogen and oxygen atoms in total. The second kappa shape index (κ2) is 2.61. The predicted molar refractivity (Wildman–Crippen MR) is 58.6 cm³/mol. The number of halogens is 1. The van der Waals surface area contributed by atoms with Crippen LogP contribution >= 0.6 is 22.6 Å². The normalized spacial score (nSPS) is 10.8. The van der Waals surface area contributed by atoms with E-state index in [1.165, 1.54) is 6.33 Å². The van der Waals surface area contributed by atoms with Crippen LogP contribution in [0.2, 0.25) is 0 Å². The third-order valence-corrected chi connectivity index (χ3v) is 2.55. The van der Waals surface area contributed by atoms with Crippen molar-refractivity contribution in [3.63, 3.8) is 0 Å². The minimum Gasteiger partial charge on any atom is -0.383 e. The molecule has 2 aromatic heterocycles. The lowest BCUT2D eigenvalue weighted by molar-refractivity contribution is 1.17. The Balaban J connectivity index is 2.99. The average molecular weight is 272 g/mol. The molecule has 0 saturated carbocycles. The lowest BCUT2D eigenvalue weighted by Gasteiger charge is -1.95. The van der Waals surface area contributed by atoms with Crippen molar-refractivity contribution in [2.24, 2.45) is 0 Å². The number of hydrogen-bond acceptors (Lipinski definition) is 3. The average Bonchev–Trinajstić information content (AvgIpc) is 2.29. The Kier molecular flexibility index (Phi) is 1.71. The first-order chi connectivity index (χ1) is 5.70. The lowest BCUT2D eigenvalue weighted by atomic mass is 10.4. The number of rotatable bonds is 0. The molecule has 0 radical (unpaired) electrons. The second-order valence-electron chi connectivity index (χ2n) is 2.55. The van der Waals surface area contributed by atoms with Gasteiger partial charge in [0.2, 0.25) is 7.98 Å². The fourth-order valence-electron chi connectivity index (χ4n) is 1.18. The summed E-state index contributed by atoms with van der Waals surface area (Å²) in [5, 5.41) is 0.945. The van der Waals surface area contributed by atoms with E-state index in [-0.39, 0.29) is 0 Å². The van der Waals surface area contributed by atoms with Crippen LogP contribution in [0.3, 0.4) is 0 Å². The smallest absolute Gasteiger partial charge is 0.225 e. The van der Waals surface area contributed by atoms with Crippen LogP contribution in [0.5, 0.6) is 0 Å². The van der Waals surface area contributed by atoms with E-state index in [2.05, 4.69) is 32.6 Å². The molecular formula is C6H6BIN4. The van der Waals surface area contributed by atoms with Crippen LogP contribution in [0.25, 0.3) is 11.0 Å². The van der Waals surface area contributed by atoms with Crippen molar-refractivity contribution in [1.29, 1.82) is 0 Å². The fraction of sp³-hybridized carbons (Fsp3) is 0. The Morgan fingerprint density at radius 1 is 1.50 bits per heavy atom. The van der Waals surface area contributed by atoms with Crippen LogP contribution in [0, 0.1) is 3.57 Å². The van der Waals surface area contributed by atoms with Gasteiger partial charge in [-0.3, -0.25) is 0 Å². The van der Waals surface area contributed by atoms with Crippen LogP contribution in [0.15, 0.2) is 12.5 Å². The molecule has 0 fully saturated rings. The van der Waals surface area contributed by atoms with E-state index in [0.29, 0.717) is 5.82 Å². The molecule has 0 bridgehead atoms. The Morgan fingerprint density at radius 3 is 2.92 bits per heavy atom. The number of aromatic nitrogens is 3. The monoisotopic (exact) mass is 272 g/mol. The van der Waals surface area contributed by atoms with Crippen molar-refractivity contribution in [3.8, 4) is 0 Å². The Hall–Kier alpha value is -0.785.